The van der Waals surface area contributed by atoms with Crippen LogP contribution < -0.4 is 5.32 Å². The normalized spacial score (nSPS) is 16.8. The van der Waals surface area contributed by atoms with Gasteiger partial charge in [0.25, 0.3) is 5.91 Å². The van der Waals surface area contributed by atoms with Gasteiger partial charge in [0.1, 0.15) is 0 Å². The van der Waals surface area contributed by atoms with Crippen LogP contribution in [0.4, 0.5) is 0 Å². The molecule has 0 spiro atoms. The predicted molar refractivity (Wildman–Crippen MR) is 147 cm³/mol. The summed E-state index contributed by atoms with van der Waals surface area (Å²) in [5, 5.41) is 6.00. The standard InChI is InChI=1S/C30H31N5O2/c1-34-12-14-35(15-13-34)27(36)17-21-5-2-4-20(16-21)7-9-23-18-25-22(19-32-23)8-10-24-28-26(33-29(24)25)6-3-11-31-30(28)37/h2,4-5,7-10,16,18-19,32H,3,6,11-15,17H2,1H3,(H,31,37)/b9-7+. The van der Waals surface area contributed by atoms with Crippen molar-refractivity contribution in [2.75, 3.05) is 39.8 Å². The van der Waals surface area contributed by atoms with Crippen molar-refractivity contribution in [2.45, 2.75) is 19.3 Å². The number of benzene rings is 2. The van der Waals surface area contributed by atoms with E-state index >= 15 is 0 Å². The number of aromatic amines is 1. The Morgan fingerprint density at radius 2 is 1.92 bits per heavy atom. The molecule has 2 N–H and O–H groups in total. The van der Waals surface area contributed by atoms with Crippen molar-refractivity contribution in [3.8, 4) is 0 Å². The minimum atomic E-state index is -0.0250. The first-order chi connectivity index (χ1) is 18.0. The highest BCUT2D eigenvalue weighted by Gasteiger charge is 2.23. The van der Waals surface area contributed by atoms with E-state index in [9.17, 15) is 9.59 Å². The molecule has 2 aliphatic heterocycles. The van der Waals surface area contributed by atoms with Gasteiger partial charge in [0.2, 0.25) is 5.91 Å². The molecule has 2 amide bonds. The number of carbonyl (C=O) groups is 2. The lowest BCUT2D eigenvalue weighted by Gasteiger charge is -2.32. The van der Waals surface area contributed by atoms with Crippen LogP contribution in [-0.4, -0.2) is 71.4 Å². The van der Waals surface area contributed by atoms with E-state index in [2.05, 4.69) is 40.5 Å². The Morgan fingerprint density at radius 3 is 2.78 bits per heavy atom. The number of nitrogens with one attached hydrogen (secondary N) is 2. The number of H-pyrrole nitrogens is 1. The topological polar surface area (TPSA) is 81.3 Å². The molecule has 2 aliphatic rings. The van der Waals surface area contributed by atoms with Gasteiger partial charge in [0.15, 0.2) is 0 Å². The summed E-state index contributed by atoms with van der Waals surface area (Å²) in [5.74, 6) is 0.165. The molecule has 0 aliphatic carbocycles. The maximum atomic E-state index is 12.8. The van der Waals surface area contributed by atoms with Gasteiger partial charge < -0.3 is 20.1 Å². The molecule has 4 heterocycles. The van der Waals surface area contributed by atoms with E-state index in [1.54, 1.807) is 0 Å². The molecule has 0 unspecified atom stereocenters. The summed E-state index contributed by atoms with van der Waals surface area (Å²) in [7, 11) is 2.09. The van der Waals surface area contributed by atoms with Gasteiger partial charge in [-0.3, -0.25) is 14.6 Å². The number of likely N-dealkylation sites (N-methyl/N-ethyl adjacent to an activating group) is 1. The van der Waals surface area contributed by atoms with Crippen molar-refractivity contribution in [3.63, 3.8) is 0 Å². The van der Waals surface area contributed by atoms with E-state index in [-0.39, 0.29) is 11.8 Å². The number of carbonyl (C=O) groups excluding carboxylic acids is 2. The second-order valence-corrected chi connectivity index (χ2v) is 10.1. The highest BCUT2D eigenvalue weighted by molar-refractivity contribution is 6.15. The first kappa shape index (κ1) is 23.4. The van der Waals surface area contributed by atoms with Crippen LogP contribution in [0.15, 0.2) is 48.7 Å². The van der Waals surface area contributed by atoms with Gasteiger partial charge in [-0.2, -0.15) is 0 Å². The minimum Gasteiger partial charge on any atom is -0.361 e. The molecule has 7 nitrogen and oxygen atoms in total. The van der Waals surface area contributed by atoms with Crippen LogP contribution in [0, 0.1) is 0 Å². The van der Waals surface area contributed by atoms with Crippen molar-refractivity contribution in [2.24, 2.45) is 0 Å². The third-order valence-corrected chi connectivity index (χ3v) is 7.47. The summed E-state index contributed by atoms with van der Waals surface area (Å²) in [6.45, 7) is 4.15. The number of piperazine rings is 1. The van der Waals surface area contributed by atoms with Gasteiger partial charge in [0, 0.05) is 55.4 Å². The summed E-state index contributed by atoms with van der Waals surface area (Å²) < 4.78 is 0. The molecular formula is C30H31N5O2. The molecule has 37 heavy (non-hydrogen) atoms. The number of pyridine rings is 1. The Kier molecular flexibility index (Phi) is 6.22. The Morgan fingerprint density at radius 1 is 1.05 bits per heavy atom. The van der Waals surface area contributed by atoms with Crippen LogP contribution >= 0.6 is 0 Å². The quantitative estimate of drug-likeness (QED) is 0.452. The molecule has 1 fully saturated rings. The molecule has 0 radical (unpaired) electrons. The second-order valence-electron chi connectivity index (χ2n) is 10.1. The zero-order valence-electron chi connectivity index (χ0n) is 21.1. The summed E-state index contributed by atoms with van der Waals surface area (Å²) in [5.41, 5.74) is 5.52. The molecule has 0 bridgehead atoms. The molecule has 4 aromatic rings. The molecule has 188 valence electrons. The molecule has 0 atom stereocenters. The number of aryl methyl sites for hydroxylation is 1. The summed E-state index contributed by atoms with van der Waals surface area (Å²) in [4.78, 5) is 37.9. The minimum absolute atomic E-state index is 0.0250. The molecule has 1 saturated heterocycles. The highest BCUT2D eigenvalue weighted by atomic mass is 16.2. The van der Waals surface area contributed by atoms with Crippen molar-refractivity contribution < 1.29 is 9.59 Å². The molecule has 2 aromatic carbocycles. The average molecular weight is 494 g/mol. The number of amides is 2. The van der Waals surface area contributed by atoms with Crippen molar-refractivity contribution in [1.29, 1.82) is 0 Å². The van der Waals surface area contributed by atoms with Crippen molar-refractivity contribution in [1.82, 2.24) is 25.1 Å². The number of fused-ring (bicyclic) bond motifs is 5. The van der Waals surface area contributed by atoms with E-state index < -0.39 is 0 Å². The van der Waals surface area contributed by atoms with Crippen LogP contribution in [-0.2, 0) is 17.6 Å². The fourth-order valence-electron chi connectivity index (χ4n) is 5.34. The third kappa shape index (κ3) is 4.74. The molecule has 6 rings (SSSR count). The number of hydrogen-bond acceptors (Lipinski definition) is 4. The van der Waals surface area contributed by atoms with Crippen molar-refractivity contribution in [3.05, 3.63) is 76.7 Å². The van der Waals surface area contributed by atoms with E-state index in [1.165, 1.54) is 0 Å². The fraction of sp³-hybridized carbons (Fsp3) is 0.300. The lowest BCUT2D eigenvalue weighted by molar-refractivity contribution is -0.132. The zero-order valence-corrected chi connectivity index (χ0v) is 21.1. The highest BCUT2D eigenvalue weighted by Crippen LogP contribution is 2.31. The van der Waals surface area contributed by atoms with Crippen molar-refractivity contribution >= 4 is 45.6 Å². The number of hydrogen-bond donors (Lipinski definition) is 2. The summed E-state index contributed by atoms with van der Waals surface area (Å²) >= 11 is 0. The van der Waals surface area contributed by atoms with Crippen LogP contribution in [0.2, 0.25) is 0 Å². The third-order valence-electron chi connectivity index (χ3n) is 7.47. The van der Waals surface area contributed by atoms with E-state index in [0.29, 0.717) is 13.0 Å². The lowest BCUT2D eigenvalue weighted by Crippen LogP contribution is -2.47. The van der Waals surface area contributed by atoms with Crippen LogP contribution in [0.5, 0.6) is 0 Å². The first-order valence-corrected chi connectivity index (χ1v) is 13.0. The molecule has 2 aromatic heterocycles. The number of nitrogens with zero attached hydrogens (tertiary/aromatic N) is 3. The maximum absolute atomic E-state index is 12.8. The van der Waals surface area contributed by atoms with Gasteiger partial charge in [0.05, 0.1) is 23.2 Å². The molecule has 0 saturated carbocycles. The Hall–Kier alpha value is -3.97. The smallest absolute Gasteiger partial charge is 0.253 e. The lowest BCUT2D eigenvalue weighted by atomic mass is 10.0. The average Bonchev–Trinajstić information content (AvgIpc) is 3.19. The predicted octanol–water partition coefficient (Wildman–Crippen LogP) is 3.88. The van der Waals surface area contributed by atoms with Crippen LogP contribution in [0.25, 0.3) is 33.8 Å². The van der Waals surface area contributed by atoms with Crippen LogP contribution in [0.3, 0.4) is 0 Å². The van der Waals surface area contributed by atoms with Gasteiger partial charge in [-0.25, -0.2) is 0 Å². The van der Waals surface area contributed by atoms with Gasteiger partial charge in [-0.15, -0.1) is 0 Å². The van der Waals surface area contributed by atoms with Gasteiger partial charge in [-0.1, -0.05) is 42.5 Å². The molecular weight excluding hydrogens is 462 g/mol. The first-order valence-electron chi connectivity index (χ1n) is 13.0. The second kappa shape index (κ2) is 9.82. The summed E-state index contributed by atoms with van der Waals surface area (Å²) in [6, 6.07) is 14.3. The Bertz CT molecular complexity index is 1530. The van der Waals surface area contributed by atoms with E-state index in [4.69, 9.17) is 4.98 Å². The Labute approximate surface area is 216 Å². The Balaban J connectivity index is 1.24. The summed E-state index contributed by atoms with van der Waals surface area (Å²) in [6.07, 6.45) is 8.22. The van der Waals surface area contributed by atoms with E-state index in [0.717, 1.165) is 88.8 Å². The van der Waals surface area contributed by atoms with E-state index in [1.807, 2.05) is 47.5 Å². The molecule has 7 heteroatoms. The zero-order chi connectivity index (χ0) is 25.4. The van der Waals surface area contributed by atoms with Crippen LogP contribution in [0.1, 0.15) is 39.3 Å². The van der Waals surface area contributed by atoms with Gasteiger partial charge in [-0.05, 0) is 48.5 Å². The SMILES string of the molecule is CN1CCN(C(=O)Cc2cccc(/C=C/c3cc4c(ccc5c6c(nc54)CCCNC6=O)c[nH]3)c2)CC1. The maximum Gasteiger partial charge on any atom is 0.253 e. The monoisotopic (exact) mass is 493 g/mol. The number of rotatable bonds is 4. The fourth-order valence-corrected chi connectivity index (χ4v) is 5.34. The number of aromatic nitrogens is 2. The van der Waals surface area contributed by atoms with Gasteiger partial charge >= 0.3 is 0 Å². The largest absolute Gasteiger partial charge is 0.361 e.